The number of likely N-dealkylation sites (N-methyl/N-ethyl adjacent to an activating group) is 1. The Kier molecular flexibility index (Phi) is 4.84. The topological polar surface area (TPSA) is 135 Å². The first kappa shape index (κ1) is 19.2. The summed E-state index contributed by atoms with van der Waals surface area (Å²) in [7, 11) is -2.91. The molecule has 1 aromatic heterocycles. The molecule has 146 valence electrons. The van der Waals surface area contributed by atoms with Gasteiger partial charge in [0.05, 0.1) is 12.0 Å². The summed E-state index contributed by atoms with van der Waals surface area (Å²) >= 11 is 0. The Morgan fingerprint density at radius 1 is 1.38 bits per heavy atom. The fraction of sp³-hybridized carbons (Fsp3) is 0.800. The molecule has 10 nitrogen and oxygen atoms in total. The lowest BCUT2D eigenvalue weighted by molar-refractivity contribution is -0.161. The lowest BCUT2D eigenvalue weighted by atomic mass is 9.72. The van der Waals surface area contributed by atoms with Crippen molar-refractivity contribution in [2.75, 3.05) is 13.6 Å². The predicted molar refractivity (Wildman–Crippen MR) is 89.1 cm³/mol. The molecular formula is C15H24N4O6S. The first-order chi connectivity index (χ1) is 11.8. The third-order valence-corrected chi connectivity index (χ3v) is 5.92. The number of nitrogens with zero attached hydrogens (tertiary/aromatic N) is 3. The third-order valence-electron chi connectivity index (χ3n) is 5.57. The molecule has 2 saturated carbocycles. The molecule has 2 bridgehead atoms. The van der Waals surface area contributed by atoms with Gasteiger partial charge in [-0.25, -0.2) is 0 Å². The fourth-order valence-corrected chi connectivity index (χ4v) is 4.58. The molecule has 0 aromatic carbocycles. The predicted octanol–water partition coefficient (Wildman–Crippen LogP) is 0.687. The van der Waals surface area contributed by atoms with Crippen LogP contribution in [0.15, 0.2) is 4.42 Å². The van der Waals surface area contributed by atoms with Gasteiger partial charge in [-0.15, -0.1) is 14.5 Å². The minimum absolute atomic E-state index is 0. The number of hydrogen-bond acceptors (Lipinski definition) is 8. The molecule has 3 fully saturated rings. The van der Waals surface area contributed by atoms with Gasteiger partial charge in [0, 0.05) is 18.9 Å². The fourth-order valence-electron chi connectivity index (χ4n) is 4.20. The van der Waals surface area contributed by atoms with Crippen LogP contribution >= 0.6 is 0 Å². The van der Waals surface area contributed by atoms with Crippen LogP contribution in [0.1, 0.15) is 50.8 Å². The number of hydroxylamine groups is 2. The first-order valence-electron chi connectivity index (χ1n) is 8.30. The molecular weight excluding hydrogens is 364 g/mol. The van der Waals surface area contributed by atoms with Gasteiger partial charge in [-0.1, -0.05) is 7.43 Å². The average Bonchev–Trinajstić information content (AvgIpc) is 3.05. The number of hydrogen-bond donors (Lipinski definition) is 2. The molecule has 1 amide bonds. The summed E-state index contributed by atoms with van der Waals surface area (Å²) in [5.41, 5.74) is -0.197. The highest BCUT2D eigenvalue weighted by atomic mass is 32.3. The Balaban J connectivity index is 0.00000196. The Labute approximate surface area is 152 Å². The second-order valence-electron chi connectivity index (χ2n) is 7.08. The molecule has 26 heavy (non-hydrogen) atoms. The summed E-state index contributed by atoms with van der Waals surface area (Å²) in [5, 5.41) is 12.0. The van der Waals surface area contributed by atoms with Crippen LogP contribution < -0.4 is 5.32 Å². The average molecular weight is 388 g/mol. The molecule has 1 spiro atoms. The Morgan fingerprint density at radius 2 is 2.12 bits per heavy atom. The van der Waals surface area contributed by atoms with E-state index in [1.807, 2.05) is 7.05 Å². The highest BCUT2D eigenvalue weighted by molar-refractivity contribution is 7.80. The van der Waals surface area contributed by atoms with E-state index < -0.39 is 22.2 Å². The highest BCUT2D eigenvalue weighted by Crippen LogP contribution is 2.65. The SMILES string of the molecule is C.CNCCc1nnc([C@@H]2CC3(CC3)[C@@H]3CC2C(=O)N3OS(=O)(=O)O)o1. The van der Waals surface area contributed by atoms with Crippen LogP contribution in [0.3, 0.4) is 0 Å². The van der Waals surface area contributed by atoms with Gasteiger partial charge in [-0.05, 0) is 38.1 Å². The highest BCUT2D eigenvalue weighted by Gasteiger charge is 2.65. The number of amides is 1. The molecule has 3 atom stereocenters. The second-order valence-corrected chi connectivity index (χ2v) is 8.09. The maximum Gasteiger partial charge on any atom is 0.418 e. The normalized spacial score (nSPS) is 29.1. The van der Waals surface area contributed by atoms with Crippen LogP contribution in [-0.4, -0.2) is 53.8 Å². The van der Waals surface area contributed by atoms with Crippen molar-refractivity contribution < 1.29 is 26.5 Å². The van der Waals surface area contributed by atoms with Gasteiger partial charge < -0.3 is 9.73 Å². The van der Waals surface area contributed by atoms with E-state index in [9.17, 15) is 13.2 Å². The van der Waals surface area contributed by atoms with Crippen molar-refractivity contribution in [3.8, 4) is 0 Å². The quantitative estimate of drug-likeness (QED) is 0.675. The summed E-state index contributed by atoms with van der Waals surface area (Å²) in [6, 6.07) is -0.338. The minimum atomic E-state index is -4.74. The monoisotopic (exact) mass is 388 g/mol. The number of nitrogens with one attached hydrogen (secondary N) is 1. The molecule has 4 rings (SSSR count). The van der Waals surface area contributed by atoms with Crippen LogP contribution in [0, 0.1) is 11.3 Å². The number of aromatic nitrogens is 2. The summed E-state index contributed by atoms with van der Waals surface area (Å²) in [6.45, 7) is 0.705. The standard InChI is InChI=1S/C14H20N4O6S.CH4/c1-15-5-2-11-16-17-12(23-11)9-7-14(3-4-14)10-6-8(9)13(19)18(10)24-25(20,21)22;/h8-10,15H,2-7H2,1H3,(H,20,21,22);1H4/t8?,9-,10+;/m1./s1. The molecule has 1 aliphatic heterocycles. The lowest BCUT2D eigenvalue weighted by Crippen LogP contribution is -2.40. The Bertz CT molecular complexity index is 790. The van der Waals surface area contributed by atoms with Crippen molar-refractivity contribution in [2.24, 2.45) is 11.3 Å². The molecule has 0 radical (unpaired) electrons. The van der Waals surface area contributed by atoms with Gasteiger partial charge in [0.15, 0.2) is 0 Å². The van der Waals surface area contributed by atoms with E-state index >= 15 is 0 Å². The zero-order valence-corrected chi connectivity index (χ0v) is 14.5. The number of carbonyl (C=O) groups excluding carboxylic acids is 1. The molecule has 2 N–H and O–H groups in total. The van der Waals surface area contributed by atoms with Crippen LogP contribution in [0.5, 0.6) is 0 Å². The van der Waals surface area contributed by atoms with E-state index in [-0.39, 0.29) is 24.8 Å². The van der Waals surface area contributed by atoms with E-state index in [4.69, 9.17) is 8.97 Å². The van der Waals surface area contributed by atoms with Crippen molar-refractivity contribution in [1.82, 2.24) is 20.6 Å². The maximum absolute atomic E-state index is 12.7. The van der Waals surface area contributed by atoms with Gasteiger partial charge in [0.25, 0.3) is 5.91 Å². The largest absolute Gasteiger partial charge is 0.425 e. The van der Waals surface area contributed by atoms with E-state index in [1.165, 1.54) is 0 Å². The van der Waals surface area contributed by atoms with Crippen molar-refractivity contribution in [1.29, 1.82) is 0 Å². The van der Waals surface area contributed by atoms with Gasteiger partial charge in [0.1, 0.15) is 0 Å². The van der Waals surface area contributed by atoms with Crippen molar-refractivity contribution in [3.63, 3.8) is 0 Å². The third kappa shape index (κ3) is 3.24. The summed E-state index contributed by atoms with van der Waals surface area (Å²) in [4.78, 5) is 12.7. The summed E-state index contributed by atoms with van der Waals surface area (Å²) in [5.74, 6) is -0.255. The lowest BCUT2D eigenvalue weighted by Gasteiger charge is -2.33. The number of rotatable bonds is 6. The van der Waals surface area contributed by atoms with Crippen molar-refractivity contribution in [3.05, 3.63) is 11.8 Å². The number of fused-ring (bicyclic) bond motifs is 3. The number of carbonyl (C=O) groups is 1. The smallest absolute Gasteiger partial charge is 0.418 e. The second kappa shape index (κ2) is 6.55. The van der Waals surface area contributed by atoms with Crippen LogP contribution in [-0.2, 0) is 25.9 Å². The summed E-state index contributed by atoms with van der Waals surface area (Å²) in [6.07, 6.45) is 3.49. The van der Waals surface area contributed by atoms with Crippen LogP contribution in [0.2, 0.25) is 0 Å². The molecule has 2 aliphatic carbocycles. The van der Waals surface area contributed by atoms with E-state index in [1.54, 1.807) is 0 Å². The molecule has 1 aromatic rings. The molecule has 1 unspecified atom stereocenters. The van der Waals surface area contributed by atoms with E-state index in [0.29, 0.717) is 37.6 Å². The zero-order chi connectivity index (χ0) is 17.8. The molecule has 11 heteroatoms. The molecule has 3 aliphatic rings. The van der Waals surface area contributed by atoms with Gasteiger partial charge in [-0.3, -0.25) is 9.35 Å². The van der Waals surface area contributed by atoms with E-state index in [2.05, 4.69) is 19.8 Å². The van der Waals surface area contributed by atoms with Gasteiger partial charge >= 0.3 is 10.4 Å². The Hall–Kier alpha value is -1.56. The molecule has 2 heterocycles. The van der Waals surface area contributed by atoms with Gasteiger partial charge in [0.2, 0.25) is 11.8 Å². The zero-order valence-electron chi connectivity index (χ0n) is 13.7. The van der Waals surface area contributed by atoms with E-state index in [0.717, 1.165) is 17.9 Å². The van der Waals surface area contributed by atoms with Gasteiger partial charge in [-0.2, -0.15) is 13.5 Å². The minimum Gasteiger partial charge on any atom is -0.425 e. The Morgan fingerprint density at radius 3 is 2.73 bits per heavy atom. The first-order valence-corrected chi connectivity index (χ1v) is 9.66. The van der Waals surface area contributed by atoms with Crippen LogP contribution in [0.4, 0.5) is 0 Å². The van der Waals surface area contributed by atoms with Crippen molar-refractivity contribution >= 4 is 16.3 Å². The van der Waals surface area contributed by atoms with Crippen molar-refractivity contribution in [2.45, 2.75) is 51.5 Å². The van der Waals surface area contributed by atoms with Crippen LogP contribution in [0.25, 0.3) is 0 Å². The summed E-state index contributed by atoms with van der Waals surface area (Å²) < 4.78 is 41.5. The maximum atomic E-state index is 12.7. The molecule has 1 saturated heterocycles.